The minimum Gasteiger partial charge on any atom is -0.478 e. The van der Waals surface area contributed by atoms with E-state index in [-0.39, 0.29) is 0 Å². The van der Waals surface area contributed by atoms with Crippen LogP contribution in [-0.2, 0) is 6.54 Å². The van der Waals surface area contributed by atoms with E-state index in [9.17, 15) is 4.79 Å². The molecule has 1 aromatic rings. The second-order valence-corrected chi connectivity index (χ2v) is 5.86. The van der Waals surface area contributed by atoms with Gasteiger partial charge in [0, 0.05) is 22.8 Å². The fraction of sp³-hybridized carbons (Fsp3) is 0.615. The molecular formula is C13H21NO2S. The van der Waals surface area contributed by atoms with Gasteiger partial charge in [-0.2, -0.15) is 0 Å². The summed E-state index contributed by atoms with van der Waals surface area (Å²) in [5.41, 5.74) is 0.390. The highest BCUT2D eigenvalue weighted by Gasteiger charge is 2.08. The first-order valence-electron chi connectivity index (χ1n) is 6.03. The smallest absolute Gasteiger partial charge is 0.336 e. The second-order valence-electron chi connectivity index (χ2n) is 4.86. The summed E-state index contributed by atoms with van der Waals surface area (Å²) in [7, 11) is 0. The molecule has 0 bridgehead atoms. The lowest BCUT2D eigenvalue weighted by Gasteiger charge is -2.14. The Kier molecular flexibility index (Phi) is 5.65. The molecule has 0 spiro atoms. The molecule has 1 rings (SSSR count). The van der Waals surface area contributed by atoms with Crippen molar-refractivity contribution in [3.8, 4) is 0 Å². The van der Waals surface area contributed by atoms with Crippen molar-refractivity contribution in [3.63, 3.8) is 0 Å². The van der Waals surface area contributed by atoms with Crippen molar-refractivity contribution in [1.29, 1.82) is 0 Å². The van der Waals surface area contributed by atoms with E-state index < -0.39 is 5.97 Å². The fourth-order valence-electron chi connectivity index (χ4n) is 1.55. The molecule has 17 heavy (non-hydrogen) atoms. The predicted octanol–water partition coefficient (Wildman–Crippen LogP) is 3.36. The molecule has 1 unspecified atom stereocenters. The van der Waals surface area contributed by atoms with E-state index in [1.165, 1.54) is 17.8 Å². The highest BCUT2D eigenvalue weighted by Crippen LogP contribution is 2.15. The molecule has 3 nitrogen and oxygen atoms in total. The summed E-state index contributed by atoms with van der Waals surface area (Å²) in [6, 6.07) is 2.22. The molecule has 2 N–H and O–H groups in total. The van der Waals surface area contributed by atoms with E-state index in [1.54, 1.807) is 11.4 Å². The molecule has 0 radical (unpaired) electrons. The number of carboxylic acids is 1. The average Bonchev–Trinajstić information content (AvgIpc) is 2.72. The molecule has 1 aromatic heterocycles. The van der Waals surface area contributed by atoms with E-state index in [0.29, 0.717) is 11.6 Å². The zero-order valence-electron chi connectivity index (χ0n) is 10.7. The van der Waals surface area contributed by atoms with Gasteiger partial charge >= 0.3 is 5.97 Å². The van der Waals surface area contributed by atoms with Gasteiger partial charge in [-0.1, -0.05) is 13.8 Å². The highest BCUT2D eigenvalue weighted by molar-refractivity contribution is 7.10. The number of carboxylic acid groups (broad SMARTS) is 1. The summed E-state index contributed by atoms with van der Waals surface area (Å²) < 4.78 is 0. The van der Waals surface area contributed by atoms with Crippen molar-refractivity contribution in [3.05, 3.63) is 21.9 Å². The van der Waals surface area contributed by atoms with Gasteiger partial charge in [0.25, 0.3) is 0 Å². The van der Waals surface area contributed by atoms with Crippen LogP contribution in [0.3, 0.4) is 0 Å². The fourth-order valence-corrected chi connectivity index (χ4v) is 2.35. The van der Waals surface area contributed by atoms with Crippen molar-refractivity contribution in [1.82, 2.24) is 5.32 Å². The Balaban J connectivity index is 2.31. The maximum absolute atomic E-state index is 10.7. The summed E-state index contributed by atoms with van der Waals surface area (Å²) in [5, 5.41) is 13.9. The van der Waals surface area contributed by atoms with Crippen LogP contribution in [-0.4, -0.2) is 17.1 Å². The number of nitrogens with one attached hydrogen (secondary N) is 1. The van der Waals surface area contributed by atoms with Crippen LogP contribution in [0.15, 0.2) is 11.4 Å². The summed E-state index contributed by atoms with van der Waals surface area (Å²) in [5.74, 6) is -0.111. The van der Waals surface area contributed by atoms with Gasteiger partial charge < -0.3 is 10.4 Å². The predicted molar refractivity (Wildman–Crippen MR) is 71.7 cm³/mol. The van der Waals surface area contributed by atoms with Gasteiger partial charge in [-0.25, -0.2) is 4.79 Å². The quantitative estimate of drug-likeness (QED) is 0.785. The van der Waals surface area contributed by atoms with Crippen LogP contribution in [0.5, 0.6) is 0 Å². The van der Waals surface area contributed by atoms with Crippen LogP contribution in [0, 0.1) is 5.92 Å². The van der Waals surface area contributed by atoms with Gasteiger partial charge in [-0.05, 0) is 31.7 Å². The number of hydrogen-bond acceptors (Lipinski definition) is 3. The van der Waals surface area contributed by atoms with Crippen LogP contribution < -0.4 is 5.32 Å². The van der Waals surface area contributed by atoms with E-state index in [0.717, 1.165) is 23.8 Å². The van der Waals surface area contributed by atoms with Crippen LogP contribution in [0.2, 0.25) is 0 Å². The van der Waals surface area contributed by atoms with Crippen LogP contribution in [0.25, 0.3) is 0 Å². The molecule has 0 saturated heterocycles. The van der Waals surface area contributed by atoms with Crippen molar-refractivity contribution in [2.24, 2.45) is 5.92 Å². The molecule has 0 amide bonds. The molecular weight excluding hydrogens is 234 g/mol. The lowest BCUT2D eigenvalue weighted by atomic mass is 10.0. The maximum Gasteiger partial charge on any atom is 0.336 e. The Morgan fingerprint density at radius 2 is 2.12 bits per heavy atom. The van der Waals surface area contributed by atoms with Crippen LogP contribution in [0.4, 0.5) is 0 Å². The highest BCUT2D eigenvalue weighted by atomic mass is 32.1. The van der Waals surface area contributed by atoms with Crippen molar-refractivity contribution >= 4 is 17.3 Å². The Labute approximate surface area is 107 Å². The minimum atomic E-state index is -0.847. The molecule has 0 fully saturated rings. The van der Waals surface area contributed by atoms with Gasteiger partial charge in [0.2, 0.25) is 0 Å². The molecule has 96 valence electrons. The van der Waals surface area contributed by atoms with E-state index >= 15 is 0 Å². The molecule has 1 atom stereocenters. The molecule has 0 aliphatic heterocycles. The van der Waals surface area contributed by atoms with Crippen LogP contribution >= 0.6 is 11.3 Å². The van der Waals surface area contributed by atoms with E-state index in [2.05, 4.69) is 26.1 Å². The standard InChI is InChI=1S/C13H21NO2S/c1-9(2)4-5-10(3)14-7-12-6-11(8-17-12)13(15)16/h6,8-10,14H,4-5,7H2,1-3H3,(H,15,16). The van der Waals surface area contributed by atoms with E-state index in [4.69, 9.17) is 5.11 Å². The Hall–Kier alpha value is -0.870. The summed E-state index contributed by atoms with van der Waals surface area (Å²) in [4.78, 5) is 11.8. The van der Waals surface area contributed by atoms with Gasteiger partial charge in [0.15, 0.2) is 0 Å². The van der Waals surface area contributed by atoms with Gasteiger partial charge in [0.1, 0.15) is 0 Å². The van der Waals surface area contributed by atoms with Crippen LogP contribution in [0.1, 0.15) is 48.8 Å². The maximum atomic E-state index is 10.7. The third kappa shape index (κ3) is 5.33. The summed E-state index contributed by atoms with van der Waals surface area (Å²) in [6.07, 6.45) is 2.38. The lowest BCUT2D eigenvalue weighted by molar-refractivity contribution is 0.0697. The SMILES string of the molecule is CC(C)CCC(C)NCc1cc(C(=O)O)cs1. The van der Waals surface area contributed by atoms with Crippen molar-refractivity contribution < 1.29 is 9.90 Å². The number of carbonyl (C=O) groups is 1. The normalized spacial score (nSPS) is 12.9. The Bertz CT molecular complexity index is 360. The third-order valence-electron chi connectivity index (χ3n) is 2.70. The number of rotatable bonds is 7. The zero-order chi connectivity index (χ0) is 12.8. The molecule has 4 heteroatoms. The largest absolute Gasteiger partial charge is 0.478 e. The first-order chi connectivity index (χ1) is 7.99. The minimum absolute atomic E-state index is 0.390. The summed E-state index contributed by atoms with van der Waals surface area (Å²) in [6.45, 7) is 7.39. The molecule has 0 aliphatic rings. The van der Waals surface area contributed by atoms with E-state index in [1.807, 2.05) is 0 Å². The monoisotopic (exact) mass is 255 g/mol. The topological polar surface area (TPSA) is 49.3 Å². The Morgan fingerprint density at radius 1 is 1.41 bits per heavy atom. The molecule has 0 aromatic carbocycles. The summed E-state index contributed by atoms with van der Waals surface area (Å²) >= 11 is 1.50. The van der Waals surface area contributed by atoms with Crippen molar-refractivity contribution in [2.45, 2.75) is 46.2 Å². The lowest BCUT2D eigenvalue weighted by Crippen LogP contribution is -2.25. The molecule has 1 heterocycles. The van der Waals surface area contributed by atoms with Gasteiger partial charge in [-0.15, -0.1) is 11.3 Å². The average molecular weight is 255 g/mol. The third-order valence-corrected chi connectivity index (χ3v) is 3.64. The molecule has 0 aliphatic carbocycles. The second kappa shape index (κ2) is 6.77. The van der Waals surface area contributed by atoms with Gasteiger partial charge in [-0.3, -0.25) is 0 Å². The zero-order valence-corrected chi connectivity index (χ0v) is 11.5. The number of aromatic carboxylic acids is 1. The number of thiophene rings is 1. The Morgan fingerprint density at radius 3 is 2.65 bits per heavy atom. The van der Waals surface area contributed by atoms with Crippen molar-refractivity contribution in [2.75, 3.05) is 0 Å². The van der Waals surface area contributed by atoms with Gasteiger partial charge in [0.05, 0.1) is 5.56 Å². The molecule has 0 saturated carbocycles. The first-order valence-corrected chi connectivity index (χ1v) is 6.91. The number of hydrogen-bond donors (Lipinski definition) is 2. The first kappa shape index (κ1) is 14.2.